The zero-order valence-corrected chi connectivity index (χ0v) is 5.79. The highest BCUT2D eigenvalue weighted by molar-refractivity contribution is 6.69. The van der Waals surface area contributed by atoms with E-state index in [1.807, 2.05) is 13.8 Å². The third-order valence-corrected chi connectivity index (χ3v) is 1.11. The first kappa shape index (κ1) is 8.49. The van der Waals surface area contributed by atoms with Crippen LogP contribution in [0.4, 0.5) is 4.79 Å². The van der Waals surface area contributed by atoms with E-state index in [9.17, 15) is 4.79 Å². The summed E-state index contributed by atoms with van der Waals surface area (Å²) >= 11 is 0. The van der Waals surface area contributed by atoms with Crippen molar-refractivity contribution in [3.8, 4) is 0 Å². The lowest BCUT2D eigenvalue weighted by molar-refractivity contribution is 0.217. The van der Waals surface area contributed by atoms with Gasteiger partial charge in [-0.25, -0.2) is 0 Å². The number of hydrogen-bond acceptors (Lipinski definition) is 2. The van der Waals surface area contributed by atoms with Crippen LogP contribution in [0.2, 0.25) is 0 Å². The smallest absolute Gasteiger partial charge is 0.357 e. The van der Waals surface area contributed by atoms with E-state index in [1.165, 1.54) is 7.41 Å². The average molecular weight is 128 g/mol. The predicted octanol–water partition coefficient (Wildman–Crippen LogP) is 0.625. The number of nitrogens with zero attached hydrogens (tertiary/aromatic N) is 1. The van der Waals surface area contributed by atoms with Crippen LogP contribution in [0.15, 0.2) is 0 Å². The normalized spacial score (nSPS) is 9.67. The van der Waals surface area contributed by atoms with E-state index in [0.717, 1.165) is 13.1 Å². The molecule has 0 bridgehead atoms. The van der Waals surface area contributed by atoms with Crippen LogP contribution < -0.4 is 0 Å². The van der Waals surface area contributed by atoms with Crippen molar-refractivity contribution in [2.45, 2.75) is 13.8 Å². The molecule has 0 rings (SSSR count). The molecule has 1 radical (unpaired) electrons. The molecule has 0 atom stereocenters. The standard InChI is InChI=1S/C5H11BNO2/c1-3-7(4-2)6-5(8)9/h3-4H2,1-2H3,(H,8,9). The molecule has 0 aromatic rings. The Bertz CT molecular complexity index is 93.0. The van der Waals surface area contributed by atoms with Crippen LogP contribution in [0.1, 0.15) is 13.8 Å². The molecule has 51 valence electrons. The Balaban J connectivity index is 3.43. The lowest BCUT2D eigenvalue weighted by Crippen LogP contribution is -2.32. The van der Waals surface area contributed by atoms with Gasteiger partial charge in [-0.2, -0.15) is 0 Å². The lowest BCUT2D eigenvalue weighted by atomic mass is 9.92. The van der Waals surface area contributed by atoms with Crippen molar-refractivity contribution in [1.82, 2.24) is 4.81 Å². The number of rotatable bonds is 4. The second kappa shape index (κ2) is 4.38. The van der Waals surface area contributed by atoms with Crippen LogP contribution in [0, 0.1) is 0 Å². The van der Waals surface area contributed by atoms with Crippen molar-refractivity contribution in [2.75, 3.05) is 13.1 Å². The summed E-state index contributed by atoms with van der Waals surface area (Å²) in [5.41, 5.74) is 0. The molecule has 0 aromatic carbocycles. The van der Waals surface area contributed by atoms with Crippen molar-refractivity contribution in [2.24, 2.45) is 0 Å². The Morgan fingerprint density at radius 2 is 2.00 bits per heavy atom. The number of carboxylic acid groups (broad SMARTS) is 1. The van der Waals surface area contributed by atoms with Crippen LogP contribution in [-0.2, 0) is 0 Å². The van der Waals surface area contributed by atoms with Gasteiger partial charge >= 0.3 is 7.41 Å². The molecule has 0 spiro atoms. The Morgan fingerprint density at radius 1 is 1.56 bits per heavy atom. The molecule has 0 aliphatic rings. The zero-order valence-electron chi connectivity index (χ0n) is 5.79. The molecule has 0 aliphatic carbocycles. The Hall–Kier alpha value is -0.505. The van der Waals surface area contributed by atoms with Crippen LogP contribution in [0.5, 0.6) is 0 Å². The van der Waals surface area contributed by atoms with E-state index >= 15 is 0 Å². The average Bonchev–Trinajstić information content (AvgIpc) is 1.82. The van der Waals surface area contributed by atoms with Crippen LogP contribution in [-0.4, -0.2) is 36.3 Å². The molecule has 0 heterocycles. The predicted molar refractivity (Wildman–Crippen MR) is 36.7 cm³/mol. The minimum atomic E-state index is -0.876. The fourth-order valence-corrected chi connectivity index (χ4v) is 0.562. The van der Waals surface area contributed by atoms with Crippen molar-refractivity contribution >= 4 is 13.3 Å². The highest BCUT2D eigenvalue weighted by Gasteiger charge is 2.07. The summed E-state index contributed by atoms with van der Waals surface area (Å²) in [4.78, 5) is 11.8. The maximum Gasteiger partial charge on any atom is 0.357 e. The van der Waals surface area contributed by atoms with Gasteiger partial charge in [-0.15, -0.1) is 0 Å². The fourth-order valence-electron chi connectivity index (χ4n) is 0.562. The Kier molecular flexibility index (Phi) is 4.14. The molecule has 0 aromatic heterocycles. The molecule has 9 heavy (non-hydrogen) atoms. The Labute approximate surface area is 55.9 Å². The van der Waals surface area contributed by atoms with Crippen molar-refractivity contribution in [3.05, 3.63) is 0 Å². The summed E-state index contributed by atoms with van der Waals surface area (Å²) in [5.74, 6) is -0.876. The summed E-state index contributed by atoms with van der Waals surface area (Å²) < 4.78 is 0. The summed E-state index contributed by atoms with van der Waals surface area (Å²) in [6, 6.07) is 0. The van der Waals surface area contributed by atoms with E-state index in [4.69, 9.17) is 5.11 Å². The van der Waals surface area contributed by atoms with E-state index in [-0.39, 0.29) is 0 Å². The third kappa shape index (κ3) is 4.03. The third-order valence-electron chi connectivity index (χ3n) is 1.11. The molecule has 3 nitrogen and oxygen atoms in total. The molecule has 0 saturated carbocycles. The van der Waals surface area contributed by atoms with Gasteiger partial charge in [0.2, 0.25) is 0 Å². The minimum Gasteiger partial charge on any atom is -0.488 e. The molecule has 0 amide bonds. The maximum absolute atomic E-state index is 10.0. The molecule has 1 N–H and O–H groups in total. The van der Waals surface area contributed by atoms with E-state index in [2.05, 4.69) is 0 Å². The highest BCUT2D eigenvalue weighted by Crippen LogP contribution is 1.82. The molecular weight excluding hydrogens is 117 g/mol. The van der Waals surface area contributed by atoms with Gasteiger partial charge in [0.1, 0.15) is 0 Å². The zero-order chi connectivity index (χ0) is 7.28. The van der Waals surface area contributed by atoms with Gasteiger partial charge in [0, 0.05) is 0 Å². The fraction of sp³-hybridized carbons (Fsp3) is 0.800. The van der Waals surface area contributed by atoms with Crippen molar-refractivity contribution < 1.29 is 9.90 Å². The van der Waals surface area contributed by atoms with Gasteiger partial charge in [0.15, 0.2) is 0 Å². The minimum absolute atomic E-state index is 0.753. The summed E-state index contributed by atoms with van der Waals surface area (Å²) in [6.45, 7) is 5.34. The second-order valence-electron chi connectivity index (χ2n) is 1.69. The molecule has 0 fully saturated rings. The maximum atomic E-state index is 10.0. The van der Waals surface area contributed by atoms with E-state index in [1.54, 1.807) is 4.81 Å². The summed E-state index contributed by atoms with van der Waals surface area (Å²) in [6.07, 6.45) is 0. The first-order chi connectivity index (χ1) is 4.20. The van der Waals surface area contributed by atoms with E-state index in [0.29, 0.717) is 0 Å². The molecule has 4 heteroatoms. The Morgan fingerprint density at radius 3 is 2.11 bits per heavy atom. The quantitative estimate of drug-likeness (QED) is 0.564. The van der Waals surface area contributed by atoms with Gasteiger partial charge in [-0.3, -0.25) is 4.79 Å². The van der Waals surface area contributed by atoms with Crippen molar-refractivity contribution in [3.63, 3.8) is 0 Å². The topological polar surface area (TPSA) is 40.5 Å². The first-order valence-electron chi connectivity index (χ1n) is 3.02. The summed E-state index contributed by atoms with van der Waals surface area (Å²) in [5, 5.41) is 8.25. The van der Waals surface area contributed by atoms with Gasteiger partial charge < -0.3 is 9.92 Å². The van der Waals surface area contributed by atoms with Gasteiger partial charge in [0.05, 0.1) is 0 Å². The van der Waals surface area contributed by atoms with Gasteiger partial charge in [-0.1, -0.05) is 13.8 Å². The van der Waals surface area contributed by atoms with Crippen LogP contribution in [0.25, 0.3) is 0 Å². The SMILES string of the molecule is CCN([B]C(=O)O)CC. The first-order valence-corrected chi connectivity index (χ1v) is 3.02. The van der Waals surface area contributed by atoms with Crippen LogP contribution >= 0.6 is 0 Å². The van der Waals surface area contributed by atoms with Crippen molar-refractivity contribution in [1.29, 1.82) is 0 Å². The highest BCUT2D eigenvalue weighted by atomic mass is 16.4. The molecule has 0 saturated heterocycles. The van der Waals surface area contributed by atoms with E-state index < -0.39 is 5.87 Å². The number of carbonyl (C=O) groups is 1. The monoisotopic (exact) mass is 128 g/mol. The molecule has 0 aliphatic heterocycles. The lowest BCUT2D eigenvalue weighted by Gasteiger charge is -2.12. The van der Waals surface area contributed by atoms with Gasteiger partial charge in [0.25, 0.3) is 5.87 Å². The largest absolute Gasteiger partial charge is 0.488 e. The summed E-state index contributed by atoms with van der Waals surface area (Å²) in [7, 11) is 1.19. The molecular formula is C5H11BNO2. The number of hydrogen-bond donors (Lipinski definition) is 1. The van der Waals surface area contributed by atoms with Gasteiger partial charge in [-0.05, 0) is 13.1 Å². The second-order valence-corrected chi connectivity index (χ2v) is 1.69. The van der Waals surface area contributed by atoms with Crippen LogP contribution in [0.3, 0.4) is 0 Å². The molecule has 0 unspecified atom stereocenters.